The second-order valence-corrected chi connectivity index (χ2v) is 7.88. The van der Waals surface area contributed by atoms with E-state index in [2.05, 4.69) is 4.90 Å². The van der Waals surface area contributed by atoms with Crippen molar-refractivity contribution in [2.75, 3.05) is 46.5 Å². The van der Waals surface area contributed by atoms with E-state index in [1.54, 1.807) is 6.07 Å². The molecule has 4 rings (SSSR count). The highest BCUT2D eigenvalue weighted by Gasteiger charge is 2.46. The van der Waals surface area contributed by atoms with Crippen LogP contribution in [0.4, 0.5) is 4.39 Å². The molecule has 2 saturated heterocycles. The number of amides is 1. The summed E-state index contributed by atoms with van der Waals surface area (Å²) in [5.41, 5.74) is 0.127. The summed E-state index contributed by atoms with van der Waals surface area (Å²) >= 11 is 0. The van der Waals surface area contributed by atoms with Gasteiger partial charge in [-0.15, -0.1) is 0 Å². The van der Waals surface area contributed by atoms with Gasteiger partial charge in [-0.3, -0.25) is 14.5 Å². The second-order valence-electron chi connectivity index (χ2n) is 7.88. The average molecular weight is 456 g/mol. The van der Waals surface area contributed by atoms with Crippen LogP contribution in [0.1, 0.15) is 17.2 Å². The fourth-order valence-electron chi connectivity index (χ4n) is 4.19. The summed E-state index contributed by atoms with van der Waals surface area (Å²) in [6, 6.07) is 8.79. The Morgan fingerprint density at radius 3 is 2.58 bits per heavy atom. The van der Waals surface area contributed by atoms with E-state index >= 15 is 0 Å². The number of ketones is 1. The van der Waals surface area contributed by atoms with E-state index in [-0.39, 0.29) is 23.4 Å². The van der Waals surface area contributed by atoms with Crippen molar-refractivity contribution in [3.8, 4) is 11.5 Å². The van der Waals surface area contributed by atoms with Crippen LogP contribution >= 0.6 is 0 Å². The van der Waals surface area contributed by atoms with Crippen LogP contribution in [0.15, 0.2) is 48.0 Å². The zero-order valence-corrected chi connectivity index (χ0v) is 18.2. The maximum atomic E-state index is 14.1. The maximum absolute atomic E-state index is 14.1. The van der Waals surface area contributed by atoms with E-state index in [1.165, 1.54) is 48.4 Å². The van der Waals surface area contributed by atoms with Crippen molar-refractivity contribution in [1.29, 1.82) is 0 Å². The van der Waals surface area contributed by atoms with Gasteiger partial charge >= 0.3 is 0 Å². The zero-order valence-electron chi connectivity index (χ0n) is 18.2. The molecule has 0 bridgehead atoms. The Hall–Kier alpha value is -3.43. The Labute approximate surface area is 190 Å². The highest BCUT2D eigenvalue weighted by atomic mass is 19.1. The number of morpholine rings is 1. The number of halogens is 1. The Kier molecular flexibility index (Phi) is 6.62. The SMILES string of the molecule is COc1ccc(C(O)=C2C(=O)C(=O)N(CCN3CCOCC3)C2c2cccc(F)c2)c(O)c1. The minimum atomic E-state index is -0.997. The van der Waals surface area contributed by atoms with Gasteiger partial charge in [0.25, 0.3) is 11.7 Å². The predicted molar refractivity (Wildman–Crippen MR) is 117 cm³/mol. The molecule has 174 valence electrons. The summed E-state index contributed by atoms with van der Waals surface area (Å²) in [6.45, 7) is 3.28. The molecule has 0 radical (unpaired) electrons. The lowest BCUT2D eigenvalue weighted by Crippen LogP contribution is -2.42. The first-order valence-corrected chi connectivity index (χ1v) is 10.6. The Bertz CT molecular complexity index is 1100. The summed E-state index contributed by atoms with van der Waals surface area (Å²) in [6.07, 6.45) is 0. The molecule has 2 aliphatic heterocycles. The summed E-state index contributed by atoms with van der Waals surface area (Å²) < 4.78 is 24.5. The lowest BCUT2D eigenvalue weighted by molar-refractivity contribution is -0.140. The van der Waals surface area contributed by atoms with Crippen molar-refractivity contribution < 1.29 is 33.7 Å². The number of carbonyl (C=O) groups is 2. The monoisotopic (exact) mass is 456 g/mol. The summed E-state index contributed by atoms with van der Waals surface area (Å²) in [4.78, 5) is 29.5. The number of aromatic hydroxyl groups is 1. The quantitative estimate of drug-likeness (QED) is 0.391. The van der Waals surface area contributed by atoms with Crippen molar-refractivity contribution in [2.45, 2.75) is 6.04 Å². The number of ether oxygens (including phenoxy) is 2. The molecule has 2 aromatic rings. The van der Waals surface area contributed by atoms with Crippen molar-refractivity contribution in [3.63, 3.8) is 0 Å². The molecular formula is C24H25FN2O6. The number of hydrogen-bond acceptors (Lipinski definition) is 7. The topological polar surface area (TPSA) is 99.5 Å². The van der Waals surface area contributed by atoms with E-state index in [0.29, 0.717) is 44.2 Å². The van der Waals surface area contributed by atoms with Gasteiger partial charge in [-0.25, -0.2) is 4.39 Å². The lowest BCUT2D eigenvalue weighted by atomic mass is 9.95. The number of rotatable bonds is 6. The number of phenols is 1. The van der Waals surface area contributed by atoms with E-state index in [1.807, 2.05) is 0 Å². The third-order valence-corrected chi connectivity index (χ3v) is 5.93. The molecule has 2 aromatic carbocycles. The number of benzene rings is 2. The highest BCUT2D eigenvalue weighted by molar-refractivity contribution is 6.46. The van der Waals surface area contributed by atoms with Crippen molar-refractivity contribution in [2.24, 2.45) is 0 Å². The molecular weight excluding hydrogens is 431 g/mol. The van der Waals surface area contributed by atoms with Gasteiger partial charge in [0.2, 0.25) is 0 Å². The first kappa shape index (κ1) is 22.8. The van der Waals surface area contributed by atoms with Crippen molar-refractivity contribution >= 4 is 17.4 Å². The van der Waals surface area contributed by atoms with Crippen molar-refractivity contribution in [3.05, 3.63) is 65.0 Å². The Morgan fingerprint density at radius 1 is 1.15 bits per heavy atom. The van der Waals surface area contributed by atoms with Gasteiger partial charge in [0, 0.05) is 32.2 Å². The van der Waals surface area contributed by atoms with Crippen LogP contribution < -0.4 is 4.74 Å². The summed E-state index contributed by atoms with van der Waals surface area (Å²) in [5.74, 6) is -2.69. The summed E-state index contributed by atoms with van der Waals surface area (Å²) in [7, 11) is 1.43. The molecule has 2 heterocycles. The fourth-order valence-corrected chi connectivity index (χ4v) is 4.19. The molecule has 1 unspecified atom stereocenters. The molecule has 33 heavy (non-hydrogen) atoms. The van der Waals surface area contributed by atoms with Gasteiger partial charge < -0.3 is 24.6 Å². The number of aliphatic hydroxyl groups is 1. The average Bonchev–Trinajstić information content (AvgIpc) is 3.07. The fraction of sp³-hybridized carbons (Fsp3) is 0.333. The molecule has 2 aliphatic rings. The number of hydrogen-bond donors (Lipinski definition) is 2. The van der Waals surface area contributed by atoms with Crippen LogP contribution in [0.5, 0.6) is 11.5 Å². The molecule has 8 nitrogen and oxygen atoms in total. The zero-order chi connectivity index (χ0) is 23.5. The van der Waals surface area contributed by atoms with Crippen LogP contribution in [0.25, 0.3) is 5.76 Å². The van der Waals surface area contributed by atoms with Gasteiger partial charge in [0.1, 0.15) is 23.1 Å². The van der Waals surface area contributed by atoms with Gasteiger partial charge in [0.05, 0.1) is 37.5 Å². The number of likely N-dealkylation sites (tertiary alicyclic amines) is 1. The normalized spacial score (nSPS) is 20.9. The highest BCUT2D eigenvalue weighted by Crippen LogP contribution is 2.41. The second kappa shape index (κ2) is 9.60. The molecule has 2 fully saturated rings. The van der Waals surface area contributed by atoms with Crippen LogP contribution in [-0.4, -0.2) is 78.2 Å². The molecule has 0 spiro atoms. The largest absolute Gasteiger partial charge is 0.507 e. The number of nitrogens with zero attached hydrogens (tertiary/aromatic N) is 2. The Balaban J connectivity index is 1.76. The van der Waals surface area contributed by atoms with Crippen LogP contribution in [0.3, 0.4) is 0 Å². The number of phenolic OH excluding ortho intramolecular Hbond substituents is 1. The molecule has 0 aliphatic carbocycles. The predicted octanol–water partition coefficient (Wildman–Crippen LogP) is 2.29. The van der Waals surface area contributed by atoms with Gasteiger partial charge in [0.15, 0.2) is 0 Å². The minimum Gasteiger partial charge on any atom is -0.507 e. The number of carbonyl (C=O) groups excluding carboxylic acids is 2. The Morgan fingerprint density at radius 2 is 1.91 bits per heavy atom. The van der Waals surface area contributed by atoms with E-state index < -0.39 is 29.3 Å². The van der Waals surface area contributed by atoms with Crippen molar-refractivity contribution in [1.82, 2.24) is 9.80 Å². The van der Waals surface area contributed by atoms with Crippen LogP contribution in [-0.2, 0) is 14.3 Å². The molecule has 9 heteroatoms. The summed E-state index contributed by atoms with van der Waals surface area (Å²) in [5, 5.41) is 21.4. The van der Waals surface area contributed by atoms with Gasteiger partial charge in [-0.05, 0) is 29.8 Å². The maximum Gasteiger partial charge on any atom is 0.295 e. The van der Waals surface area contributed by atoms with Gasteiger partial charge in [-0.2, -0.15) is 0 Å². The number of aliphatic hydroxyl groups excluding tert-OH is 1. The molecule has 1 atom stereocenters. The number of methoxy groups -OCH3 is 1. The standard InChI is InChI=1S/C24H25FN2O6/c1-32-17-5-6-18(19(28)14-17)22(29)20-21(15-3-2-4-16(25)13-15)27(24(31)23(20)30)8-7-26-9-11-33-12-10-26/h2-6,13-14,21,28-29H,7-12H2,1H3. The molecule has 0 aromatic heterocycles. The van der Waals surface area contributed by atoms with Crippen LogP contribution in [0, 0.1) is 5.82 Å². The van der Waals surface area contributed by atoms with E-state index in [4.69, 9.17) is 9.47 Å². The third-order valence-electron chi connectivity index (χ3n) is 5.93. The number of Topliss-reactive ketones (excluding diaryl/α,β-unsaturated/α-hetero) is 1. The smallest absolute Gasteiger partial charge is 0.295 e. The molecule has 1 amide bonds. The van der Waals surface area contributed by atoms with E-state index in [0.717, 1.165) is 0 Å². The molecule has 0 saturated carbocycles. The minimum absolute atomic E-state index is 0.0246. The van der Waals surface area contributed by atoms with E-state index in [9.17, 15) is 24.2 Å². The first-order chi connectivity index (χ1) is 15.9. The first-order valence-electron chi connectivity index (χ1n) is 10.6. The third kappa shape index (κ3) is 4.55. The molecule has 2 N–H and O–H groups in total. The van der Waals surface area contributed by atoms with Crippen LogP contribution in [0.2, 0.25) is 0 Å². The van der Waals surface area contributed by atoms with Gasteiger partial charge in [-0.1, -0.05) is 12.1 Å². The lowest BCUT2D eigenvalue weighted by Gasteiger charge is -2.31.